The Bertz CT molecular complexity index is 700. The number of carbonyl (C=O) groups excluding carboxylic acids is 2. The van der Waals surface area contributed by atoms with E-state index in [4.69, 9.17) is 16.3 Å². The van der Waals surface area contributed by atoms with Gasteiger partial charge in [0.05, 0.1) is 22.9 Å². The molecule has 1 aromatic heterocycles. The lowest BCUT2D eigenvalue weighted by molar-refractivity contribution is 0.0860. The third-order valence-electron chi connectivity index (χ3n) is 2.88. The molecule has 0 saturated carbocycles. The summed E-state index contributed by atoms with van der Waals surface area (Å²) in [6, 6.07) is 1.53. The summed E-state index contributed by atoms with van der Waals surface area (Å²) in [5.74, 6) is 0.320. The molecule has 0 aliphatic rings. The third-order valence-corrected chi connectivity index (χ3v) is 4.04. The minimum Gasteiger partial charge on any atom is -0.494 e. The lowest BCUT2D eigenvalue weighted by atomic mass is 9.85. The molecular weight excluding hydrogens is 298 g/mol. The maximum absolute atomic E-state index is 12.5. The number of aromatic nitrogens is 1. The highest BCUT2D eigenvalue weighted by atomic mass is 35.5. The SMILES string of the molecule is COc1c(C=O)cc(C(=O)C(C)(C)C)c2nc(Cl)sc12. The summed E-state index contributed by atoms with van der Waals surface area (Å²) in [5.41, 5.74) is 0.645. The second-order valence-electron chi connectivity index (χ2n) is 5.39. The number of hydrogen-bond donors (Lipinski definition) is 0. The number of aldehydes is 1. The first kappa shape index (κ1) is 14.9. The molecule has 0 bridgehead atoms. The summed E-state index contributed by atoms with van der Waals surface area (Å²) in [4.78, 5) is 27.9. The number of nitrogens with zero attached hydrogens (tertiary/aromatic N) is 1. The van der Waals surface area contributed by atoms with Crippen LogP contribution in [0.5, 0.6) is 5.75 Å². The number of Topliss-reactive ketones (excluding diaryl/α,β-unsaturated/α-hetero) is 1. The van der Waals surface area contributed by atoms with Gasteiger partial charge in [0.25, 0.3) is 0 Å². The standard InChI is InChI=1S/C14H14ClNO3S/c1-14(2,3)12(18)8-5-7(6-17)10(19-4)11-9(8)16-13(15)20-11/h5-6H,1-4H3. The first-order valence-electron chi connectivity index (χ1n) is 5.96. The Balaban J connectivity index is 2.85. The molecule has 6 heteroatoms. The molecule has 0 radical (unpaired) electrons. The summed E-state index contributed by atoms with van der Waals surface area (Å²) in [6.45, 7) is 5.46. The fraction of sp³-hybridized carbons (Fsp3) is 0.357. The van der Waals surface area contributed by atoms with Crippen molar-refractivity contribution in [3.05, 3.63) is 21.7 Å². The van der Waals surface area contributed by atoms with E-state index < -0.39 is 5.41 Å². The topological polar surface area (TPSA) is 56.3 Å². The van der Waals surface area contributed by atoms with Crippen molar-refractivity contribution >= 4 is 45.2 Å². The van der Waals surface area contributed by atoms with Crippen molar-refractivity contribution < 1.29 is 14.3 Å². The van der Waals surface area contributed by atoms with Crippen LogP contribution in [0.15, 0.2) is 6.07 Å². The highest BCUT2D eigenvalue weighted by Crippen LogP contribution is 2.39. The monoisotopic (exact) mass is 311 g/mol. The number of benzene rings is 1. The Hall–Kier alpha value is -1.46. The van der Waals surface area contributed by atoms with E-state index in [-0.39, 0.29) is 5.78 Å². The molecule has 0 N–H and O–H groups in total. The molecule has 0 aliphatic carbocycles. The predicted molar refractivity (Wildman–Crippen MR) is 80.4 cm³/mol. The van der Waals surface area contributed by atoms with Gasteiger partial charge in [-0.3, -0.25) is 9.59 Å². The van der Waals surface area contributed by atoms with Gasteiger partial charge in [-0.1, -0.05) is 43.7 Å². The number of rotatable bonds is 3. The smallest absolute Gasteiger partial charge is 0.184 e. The molecule has 0 amide bonds. The minimum absolute atomic E-state index is 0.0878. The summed E-state index contributed by atoms with van der Waals surface area (Å²) in [7, 11) is 1.47. The Morgan fingerprint density at radius 1 is 1.45 bits per heavy atom. The molecule has 2 rings (SSSR count). The highest BCUT2D eigenvalue weighted by Gasteiger charge is 2.28. The fourth-order valence-corrected chi connectivity index (χ4v) is 3.09. The number of thiazole rings is 1. The van der Waals surface area contributed by atoms with Crippen molar-refractivity contribution in [3.8, 4) is 5.75 Å². The summed E-state index contributed by atoms with van der Waals surface area (Å²) >= 11 is 7.14. The quantitative estimate of drug-likeness (QED) is 0.635. The van der Waals surface area contributed by atoms with Gasteiger partial charge < -0.3 is 4.74 Å². The van der Waals surface area contributed by atoms with Gasteiger partial charge in [-0.2, -0.15) is 0 Å². The molecule has 0 saturated heterocycles. The Labute approximate surface area is 125 Å². The number of carbonyl (C=O) groups is 2. The van der Waals surface area contributed by atoms with Gasteiger partial charge in [0.1, 0.15) is 5.75 Å². The van der Waals surface area contributed by atoms with Crippen LogP contribution in [0.25, 0.3) is 10.2 Å². The zero-order valence-electron chi connectivity index (χ0n) is 11.6. The van der Waals surface area contributed by atoms with Crippen LogP contribution in [0, 0.1) is 5.41 Å². The molecule has 1 heterocycles. The second kappa shape index (κ2) is 5.14. The van der Waals surface area contributed by atoms with Gasteiger partial charge in [-0.15, -0.1) is 0 Å². The van der Waals surface area contributed by atoms with E-state index in [2.05, 4.69) is 4.98 Å². The molecule has 0 fully saturated rings. The molecule has 106 valence electrons. The van der Waals surface area contributed by atoms with Crippen LogP contribution in [-0.2, 0) is 0 Å². The van der Waals surface area contributed by atoms with E-state index >= 15 is 0 Å². The Morgan fingerprint density at radius 3 is 2.60 bits per heavy atom. The zero-order chi connectivity index (χ0) is 15.1. The van der Waals surface area contributed by atoms with Gasteiger partial charge in [-0.25, -0.2) is 4.98 Å². The Morgan fingerprint density at radius 2 is 2.10 bits per heavy atom. The molecular formula is C14H14ClNO3S. The first-order valence-corrected chi connectivity index (χ1v) is 7.16. The molecule has 1 aromatic carbocycles. The first-order chi connectivity index (χ1) is 9.29. The zero-order valence-corrected chi connectivity index (χ0v) is 13.2. The van der Waals surface area contributed by atoms with E-state index in [1.807, 2.05) is 20.8 Å². The molecule has 0 atom stereocenters. The summed E-state index contributed by atoms with van der Waals surface area (Å²) in [5, 5.41) is 0. The largest absolute Gasteiger partial charge is 0.494 e. The van der Waals surface area contributed by atoms with Gasteiger partial charge in [0.2, 0.25) is 0 Å². The highest BCUT2D eigenvalue weighted by molar-refractivity contribution is 7.22. The van der Waals surface area contributed by atoms with Gasteiger partial charge in [-0.05, 0) is 6.07 Å². The Kier molecular flexibility index (Phi) is 3.84. The van der Waals surface area contributed by atoms with Crippen LogP contribution in [0.4, 0.5) is 0 Å². The van der Waals surface area contributed by atoms with Crippen LogP contribution < -0.4 is 4.74 Å². The van der Waals surface area contributed by atoms with Crippen LogP contribution >= 0.6 is 22.9 Å². The van der Waals surface area contributed by atoms with Crippen LogP contribution in [0.2, 0.25) is 4.47 Å². The van der Waals surface area contributed by atoms with Crippen molar-refractivity contribution in [2.75, 3.05) is 7.11 Å². The van der Waals surface area contributed by atoms with Crippen LogP contribution in [0.3, 0.4) is 0 Å². The molecule has 0 aliphatic heterocycles. The lowest BCUT2D eigenvalue weighted by Crippen LogP contribution is -2.20. The van der Waals surface area contributed by atoms with Gasteiger partial charge >= 0.3 is 0 Å². The van der Waals surface area contributed by atoms with Gasteiger partial charge in [0.15, 0.2) is 16.5 Å². The maximum atomic E-state index is 12.5. The van der Waals surface area contributed by atoms with Crippen molar-refractivity contribution in [1.29, 1.82) is 0 Å². The second-order valence-corrected chi connectivity index (χ2v) is 6.97. The number of hydrogen-bond acceptors (Lipinski definition) is 5. The van der Waals surface area contributed by atoms with Crippen molar-refractivity contribution in [2.45, 2.75) is 20.8 Å². The summed E-state index contributed by atoms with van der Waals surface area (Å²) in [6.07, 6.45) is 0.672. The molecule has 0 spiro atoms. The van der Waals surface area contributed by atoms with Crippen molar-refractivity contribution in [3.63, 3.8) is 0 Å². The average Bonchev–Trinajstić information content (AvgIpc) is 2.75. The predicted octanol–water partition coefficient (Wildman–Crippen LogP) is 4.00. The molecule has 4 nitrogen and oxygen atoms in total. The number of methoxy groups -OCH3 is 1. The number of fused-ring (bicyclic) bond motifs is 1. The van der Waals surface area contributed by atoms with E-state index in [0.29, 0.717) is 37.8 Å². The average molecular weight is 312 g/mol. The van der Waals surface area contributed by atoms with Crippen molar-refractivity contribution in [1.82, 2.24) is 4.98 Å². The van der Waals surface area contributed by atoms with Gasteiger partial charge in [0, 0.05) is 11.0 Å². The van der Waals surface area contributed by atoms with E-state index in [0.717, 1.165) is 0 Å². The number of ketones is 1. The molecule has 0 unspecified atom stereocenters. The number of ether oxygens (including phenoxy) is 1. The normalized spacial score (nSPS) is 11.7. The fourth-order valence-electron chi connectivity index (χ4n) is 1.93. The minimum atomic E-state index is -0.572. The van der Waals surface area contributed by atoms with E-state index in [1.165, 1.54) is 24.5 Å². The van der Waals surface area contributed by atoms with Crippen LogP contribution in [-0.4, -0.2) is 24.2 Å². The molecule has 20 heavy (non-hydrogen) atoms. The van der Waals surface area contributed by atoms with E-state index in [1.54, 1.807) is 0 Å². The molecule has 2 aromatic rings. The van der Waals surface area contributed by atoms with Crippen molar-refractivity contribution in [2.24, 2.45) is 5.41 Å². The lowest BCUT2D eigenvalue weighted by Gasteiger charge is -2.17. The number of halogens is 1. The van der Waals surface area contributed by atoms with E-state index in [9.17, 15) is 9.59 Å². The van der Waals surface area contributed by atoms with Crippen LogP contribution in [0.1, 0.15) is 41.5 Å². The third kappa shape index (κ3) is 2.43. The summed E-state index contributed by atoms with van der Waals surface area (Å²) < 4.78 is 6.18. The maximum Gasteiger partial charge on any atom is 0.184 e.